The third kappa shape index (κ3) is 1.62. The first-order valence-electron chi connectivity index (χ1n) is 5.70. The van der Waals surface area contributed by atoms with Crippen molar-refractivity contribution in [2.75, 3.05) is 26.2 Å². The van der Waals surface area contributed by atoms with Crippen LogP contribution in [0, 0.1) is 5.41 Å². The molecule has 1 saturated carbocycles. The smallest absolute Gasteiger partial charge is 0.0936 e. The highest BCUT2D eigenvalue weighted by Crippen LogP contribution is 2.48. The number of ether oxygens (including phenoxy) is 1. The minimum Gasteiger partial charge on any atom is -0.372 e. The molecule has 1 atom stereocenters. The van der Waals surface area contributed by atoms with Crippen LogP contribution in [0.4, 0.5) is 0 Å². The van der Waals surface area contributed by atoms with Gasteiger partial charge in [-0.1, -0.05) is 6.42 Å². The topological polar surface area (TPSA) is 15.8 Å². The zero-order valence-electron chi connectivity index (χ0n) is 8.30. The summed E-state index contributed by atoms with van der Waals surface area (Å²) in [5.74, 6) is 0. The lowest BCUT2D eigenvalue weighted by Gasteiger charge is -2.48. The van der Waals surface area contributed by atoms with Gasteiger partial charge in [0.1, 0.15) is 0 Å². The number of hydrogen-bond donors (Lipinski definition) is 0. The molecule has 2 heteroatoms. The van der Waals surface area contributed by atoms with Crippen molar-refractivity contribution in [2.24, 2.45) is 5.41 Å². The Bertz CT molecular complexity index is 186. The molecule has 3 rings (SSSR count). The maximum absolute atomic E-state index is 5.26. The molecule has 0 N–H and O–H groups in total. The molecule has 0 bridgehead atoms. The zero-order valence-corrected chi connectivity index (χ0v) is 8.30. The monoisotopic (exact) mass is 181 g/mol. The summed E-state index contributed by atoms with van der Waals surface area (Å²) in [7, 11) is 0. The molecule has 0 aromatic rings. The van der Waals surface area contributed by atoms with Crippen LogP contribution >= 0.6 is 0 Å². The first-order valence-corrected chi connectivity index (χ1v) is 5.70. The van der Waals surface area contributed by atoms with E-state index in [9.17, 15) is 0 Å². The van der Waals surface area contributed by atoms with E-state index in [1.807, 2.05) is 0 Å². The van der Waals surface area contributed by atoms with Crippen molar-refractivity contribution in [1.82, 2.24) is 4.90 Å². The highest BCUT2D eigenvalue weighted by molar-refractivity contribution is 4.92. The van der Waals surface area contributed by atoms with E-state index >= 15 is 0 Å². The summed E-state index contributed by atoms with van der Waals surface area (Å²) in [6, 6.07) is 0. The van der Waals surface area contributed by atoms with E-state index in [0.717, 1.165) is 12.0 Å². The number of epoxide rings is 1. The maximum atomic E-state index is 5.26. The Hall–Kier alpha value is -0.0800. The van der Waals surface area contributed by atoms with Gasteiger partial charge in [-0.05, 0) is 44.2 Å². The van der Waals surface area contributed by atoms with Crippen molar-refractivity contribution in [1.29, 1.82) is 0 Å². The molecule has 2 aliphatic heterocycles. The van der Waals surface area contributed by atoms with Crippen LogP contribution in [0.5, 0.6) is 0 Å². The summed E-state index contributed by atoms with van der Waals surface area (Å²) >= 11 is 0. The van der Waals surface area contributed by atoms with Crippen LogP contribution in [0.15, 0.2) is 0 Å². The molecule has 0 aromatic carbocycles. The first kappa shape index (κ1) is 8.25. The average Bonchev–Trinajstić information content (AvgIpc) is 2.87. The summed E-state index contributed by atoms with van der Waals surface area (Å²) in [4.78, 5) is 2.60. The van der Waals surface area contributed by atoms with Crippen molar-refractivity contribution in [3.8, 4) is 0 Å². The van der Waals surface area contributed by atoms with Crippen molar-refractivity contribution in [3.05, 3.63) is 0 Å². The molecule has 2 nitrogen and oxygen atoms in total. The largest absolute Gasteiger partial charge is 0.372 e. The Morgan fingerprint density at radius 3 is 2.31 bits per heavy atom. The van der Waals surface area contributed by atoms with Gasteiger partial charge in [-0.2, -0.15) is 0 Å². The minimum atomic E-state index is 0.593. The molecule has 3 aliphatic rings. The second-order valence-corrected chi connectivity index (χ2v) is 5.11. The molecule has 1 aliphatic carbocycles. The predicted octanol–water partition coefficient (Wildman–Crippen LogP) is 1.65. The Morgan fingerprint density at radius 2 is 1.85 bits per heavy atom. The Kier molecular flexibility index (Phi) is 1.88. The molecule has 0 radical (unpaired) electrons. The number of nitrogens with zero attached hydrogens (tertiary/aromatic N) is 1. The SMILES string of the molecule is C1CC2(C1)CCN(C[C@H]1CO1)CC2. The van der Waals surface area contributed by atoms with Gasteiger partial charge >= 0.3 is 0 Å². The van der Waals surface area contributed by atoms with E-state index in [4.69, 9.17) is 4.74 Å². The summed E-state index contributed by atoms with van der Waals surface area (Å²) in [6.07, 6.45) is 8.03. The third-order valence-electron chi connectivity index (χ3n) is 4.20. The van der Waals surface area contributed by atoms with Gasteiger partial charge in [0.05, 0.1) is 12.7 Å². The van der Waals surface area contributed by atoms with E-state index in [0.29, 0.717) is 6.10 Å². The van der Waals surface area contributed by atoms with Crippen LogP contribution < -0.4 is 0 Å². The predicted molar refractivity (Wildman–Crippen MR) is 51.7 cm³/mol. The van der Waals surface area contributed by atoms with Crippen LogP contribution in [0.3, 0.4) is 0 Å². The Labute approximate surface area is 80.2 Å². The van der Waals surface area contributed by atoms with Gasteiger partial charge in [-0.3, -0.25) is 0 Å². The van der Waals surface area contributed by atoms with Crippen LogP contribution in [-0.2, 0) is 4.74 Å². The molecule has 2 heterocycles. The molecule has 3 fully saturated rings. The van der Waals surface area contributed by atoms with E-state index in [1.54, 1.807) is 0 Å². The molecule has 0 unspecified atom stereocenters. The normalized spacial score (nSPS) is 37.4. The molecule has 74 valence electrons. The summed E-state index contributed by atoms with van der Waals surface area (Å²) < 4.78 is 5.26. The second kappa shape index (κ2) is 2.96. The molecular formula is C11H19NO. The molecule has 0 amide bonds. The van der Waals surface area contributed by atoms with E-state index in [-0.39, 0.29) is 0 Å². The van der Waals surface area contributed by atoms with Crippen molar-refractivity contribution in [3.63, 3.8) is 0 Å². The molecular weight excluding hydrogens is 162 g/mol. The highest BCUT2D eigenvalue weighted by Gasteiger charge is 2.40. The first-order chi connectivity index (χ1) is 6.36. The summed E-state index contributed by atoms with van der Waals surface area (Å²) in [5.41, 5.74) is 0.806. The van der Waals surface area contributed by atoms with Gasteiger partial charge in [0, 0.05) is 6.54 Å². The lowest BCUT2D eigenvalue weighted by molar-refractivity contribution is 0.0312. The van der Waals surface area contributed by atoms with E-state index in [2.05, 4.69) is 4.90 Å². The number of hydrogen-bond acceptors (Lipinski definition) is 2. The minimum absolute atomic E-state index is 0.593. The fourth-order valence-electron chi connectivity index (χ4n) is 2.85. The van der Waals surface area contributed by atoms with E-state index in [1.165, 1.54) is 51.7 Å². The van der Waals surface area contributed by atoms with Gasteiger partial charge in [0.2, 0.25) is 0 Å². The van der Waals surface area contributed by atoms with Crippen molar-refractivity contribution in [2.45, 2.75) is 38.2 Å². The van der Waals surface area contributed by atoms with Gasteiger partial charge in [-0.25, -0.2) is 0 Å². The standard InChI is InChI=1S/C11H19NO/c1-2-11(3-1)4-6-12(7-5-11)8-10-9-13-10/h10H,1-9H2/t10-/m0/s1. The van der Waals surface area contributed by atoms with Crippen LogP contribution in [0.1, 0.15) is 32.1 Å². The zero-order chi connectivity index (χ0) is 8.73. The highest BCUT2D eigenvalue weighted by atomic mass is 16.6. The molecule has 0 aromatic heterocycles. The van der Waals surface area contributed by atoms with Gasteiger partial charge in [0.15, 0.2) is 0 Å². The maximum Gasteiger partial charge on any atom is 0.0936 e. The van der Waals surface area contributed by atoms with Crippen molar-refractivity contribution < 1.29 is 4.74 Å². The summed E-state index contributed by atoms with van der Waals surface area (Å²) in [5, 5.41) is 0. The van der Waals surface area contributed by atoms with Crippen molar-refractivity contribution >= 4 is 0 Å². The molecule has 1 spiro atoms. The molecule has 2 saturated heterocycles. The average molecular weight is 181 g/mol. The van der Waals surface area contributed by atoms with Gasteiger partial charge in [-0.15, -0.1) is 0 Å². The third-order valence-corrected chi connectivity index (χ3v) is 4.20. The lowest BCUT2D eigenvalue weighted by atomic mass is 9.63. The fraction of sp³-hybridized carbons (Fsp3) is 1.00. The molecule has 13 heavy (non-hydrogen) atoms. The van der Waals surface area contributed by atoms with Crippen LogP contribution in [-0.4, -0.2) is 37.2 Å². The van der Waals surface area contributed by atoms with Gasteiger partial charge < -0.3 is 9.64 Å². The number of piperidine rings is 1. The van der Waals surface area contributed by atoms with E-state index < -0.39 is 0 Å². The lowest BCUT2D eigenvalue weighted by Crippen LogP contribution is -2.44. The Morgan fingerprint density at radius 1 is 1.15 bits per heavy atom. The number of rotatable bonds is 2. The van der Waals surface area contributed by atoms with Crippen LogP contribution in [0.25, 0.3) is 0 Å². The Balaban J connectivity index is 1.48. The quantitative estimate of drug-likeness (QED) is 0.602. The summed E-state index contributed by atoms with van der Waals surface area (Å²) in [6.45, 7) is 4.89. The second-order valence-electron chi connectivity index (χ2n) is 5.11. The van der Waals surface area contributed by atoms with Crippen LogP contribution in [0.2, 0.25) is 0 Å². The fourth-order valence-corrected chi connectivity index (χ4v) is 2.85. The number of likely N-dealkylation sites (tertiary alicyclic amines) is 1. The van der Waals surface area contributed by atoms with Gasteiger partial charge in [0.25, 0.3) is 0 Å².